The van der Waals surface area contributed by atoms with Crippen molar-refractivity contribution in [1.29, 1.82) is 0 Å². The van der Waals surface area contributed by atoms with Gasteiger partial charge in [-0.2, -0.15) is 0 Å². The van der Waals surface area contributed by atoms with Gasteiger partial charge in [0.2, 0.25) is 0 Å². The van der Waals surface area contributed by atoms with Crippen molar-refractivity contribution in [2.75, 3.05) is 13.1 Å². The molecule has 5 rings (SSSR count). The lowest BCUT2D eigenvalue weighted by Gasteiger charge is -2.13. The van der Waals surface area contributed by atoms with Gasteiger partial charge in [0.15, 0.2) is 0 Å². The second kappa shape index (κ2) is 6.86. The SMILES string of the molecule is Cc1nc(-c2ccc(-c3cc4ccccc4s3)s2)sc1C(=O)N1CCCC1. The maximum Gasteiger partial charge on any atom is 0.265 e. The van der Waals surface area contributed by atoms with Crippen molar-refractivity contribution in [3.8, 4) is 19.6 Å². The minimum Gasteiger partial charge on any atom is -0.338 e. The molecule has 3 nitrogen and oxygen atoms in total. The Morgan fingerprint density at radius 2 is 1.74 bits per heavy atom. The number of nitrogens with zero attached hydrogens (tertiary/aromatic N) is 2. The summed E-state index contributed by atoms with van der Waals surface area (Å²) in [6.07, 6.45) is 2.22. The third kappa shape index (κ3) is 3.12. The van der Waals surface area contributed by atoms with Gasteiger partial charge in [0, 0.05) is 27.5 Å². The zero-order valence-corrected chi connectivity index (χ0v) is 17.3. The Kier molecular flexibility index (Phi) is 4.34. The summed E-state index contributed by atoms with van der Waals surface area (Å²) in [7, 11) is 0. The Hall–Kier alpha value is -2.02. The quantitative estimate of drug-likeness (QED) is 0.397. The average molecular weight is 411 g/mol. The van der Waals surface area contributed by atoms with Crippen molar-refractivity contribution in [3.63, 3.8) is 0 Å². The van der Waals surface area contributed by atoms with Gasteiger partial charge in [0.25, 0.3) is 5.91 Å². The molecule has 0 saturated carbocycles. The van der Waals surface area contributed by atoms with E-state index in [2.05, 4.69) is 42.5 Å². The molecule has 4 heterocycles. The Morgan fingerprint density at radius 3 is 2.56 bits per heavy atom. The van der Waals surface area contributed by atoms with Gasteiger partial charge in [0.1, 0.15) is 9.88 Å². The van der Waals surface area contributed by atoms with Crippen LogP contribution in [0.2, 0.25) is 0 Å². The van der Waals surface area contributed by atoms with Gasteiger partial charge < -0.3 is 4.90 Å². The minimum atomic E-state index is 0.148. The molecule has 0 spiro atoms. The number of hydrogen-bond acceptors (Lipinski definition) is 5. The van der Waals surface area contributed by atoms with E-state index in [1.54, 1.807) is 11.3 Å². The summed E-state index contributed by atoms with van der Waals surface area (Å²) in [5.41, 5.74) is 0.851. The average Bonchev–Trinajstić information content (AvgIpc) is 3.45. The maximum atomic E-state index is 12.7. The highest BCUT2D eigenvalue weighted by atomic mass is 32.1. The van der Waals surface area contributed by atoms with E-state index in [-0.39, 0.29) is 5.91 Å². The van der Waals surface area contributed by atoms with E-state index in [1.807, 2.05) is 23.2 Å². The largest absolute Gasteiger partial charge is 0.338 e. The first-order valence-corrected chi connectivity index (χ1v) is 11.5. The van der Waals surface area contributed by atoms with Crippen molar-refractivity contribution in [2.45, 2.75) is 19.8 Å². The molecule has 27 heavy (non-hydrogen) atoms. The molecule has 1 saturated heterocycles. The molecule has 0 atom stereocenters. The van der Waals surface area contributed by atoms with Crippen LogP contribution in [-0.2, 0) is 0 Å². The van der Waals surface area contributed by atoms with Crippen LogP contribution in [-0.4, -0.2) is 28.9 Å². The number of likely N-dealkylation sites (tertiary alicyclic amines) is 1. The van der Waals surface area contributed by atoms with Gasteiger partial charge >= 0.3 is 0 Å². The topological polar surface area (TPSA) is 33.2 Å². The fraction of sp³-hybridized carbons (Fsp3) is 0.238. The van der Waals surface area contributed by atoms with Gasteiger partial charge in [-0.25, -0.2) is 4.98 Å². The van der Waals surface area contributed by atoms with Crippen LogP contribution in [0.5, 0.6) is 0 Å². The molecule has 0 N–H and O–H groups in total. The monoisotopic (exact) mass is 410 g/mol. The molecule has 0 aliphatic carbocycles. The number of carbonyl (C=O) groups is 1. The number of aromatic nitrogens is 1. The van der Waals surface area contributed by atoms with Crippen molar-refractivity contribution < 1.29 is 4.79 Å². The molecule has 1 aliphatic rings. The molecule has 3 aromatic heterocycles. The van der Waals surface area contributed by atoms with Crippen molar-refractivity contribution in [3.05, 3.63) is 53.0 Å². The van der Waals surface area contributed by atoms with E-state index in [4.69, 9.17) is 4.98 Å². The van der Waals surface area contributed by atoms with Crippen molar-refractivity contribution in [1.82, 2.24) is 9.88 Å². The van der Waals surface area contributed by atoms with Gasteiger partial charge in [-0.1, -0.05) is 18.2 Å². The maximum absolute atomic E-state index is 12.7. The first-order chi connectivity index (χ1) is 13.2. The summed E-state index contributed by atoms with van der Waals surface area (Å²) in [6.45, 7) is 3.70. The van der Waals surface area contributed by atoms with Crippen LogP contribution in [0.25, 0.3) is 29.7 Å². The lowest BCUT2D eigenvalue weighted by molar-refractivity contribution is 0.0796. The zero-order valence-electron chi connectivity index (χ0n) is 14.9. The number of amides is 1. The smallest absolute Gasteiger partial charge is 0.265 e. The van der Waals surface area contributed by atoms with Gasteiger partial charge in [-0.05, 0) is 49.4 Å². The highest BCUT2D eigenvalue weighted by Crippen LogP contribution is 2.41. The summed E-state index contributed by atoms with van der Waals surface area (Å²) in [5.74, 6) is 0.148. The normalized spacial score (nSPS) is 14.3. The molecular weight excluding hydrogens is 392 g/mol. The Labute approximate surface area is 169 Å². The van der Waals surface area contributed by atoms with E-state index in [1.165, 1.54) is 31.2 Å². The molecule has 6 heteroatoms. The first kappa shape index (κ1) is 17.1. The highest BCUT2D eigenvalue weighted by molar-refractivity contribution is 7.28. The third-order valence-electron chi connectivity index (χ3n) is 4.87. The molecule has 136 valence electrons. The minimum absolute atomic E-state index is 0.148. The van der Waals surface area contributed by atoms with E-state index < -0.39 is 0 Å². The number of benzene rings is 1. The molecular formula is C21H18N2OS3. The molecule has 1 amide bonds. The Balaban J connectivity index is 1.46. The summed E-state index contributed by atoms with van der Waals surface area (Å²) >= 11 is 5.11. The summed E-state index contributed by atoms with van der Waals surface area (Å²) in [6, 6.07) is 15.0. The van der Waals surface area contributed by atoms with Crippen molar-refractivity contribution in [2.24, 2.45) is 0 Å². The third-order valence-corrected chi connectivity index (χ3v) is 8.58. The fourth-order valence-electron chi connectivity index (χ4n) is 3.45. The van der Waals surface area contributed by atoms with Crippen LogP contribution >= 0.6 is 34.0 Å². The number of thiazole rings is 1. The van der Waals surface area contributed by atoms with Gasteiger partial charge in [0.05, 0.1) is 10.6 Å². The standard InChI is InChI=1S/C21H18N2OS3/c1-13-19(21(24)23-10-4-5-11-23)27-20(22-13)17-9-8-16(26-17)18-12-14-6-2-3-7-15(14)25-18/h2-3,6-9,12H,4-5,10-11H2,1H3. The second-order valence-electron chi connectivity index (χ2n) is 6.75. The number of fused-ring (bicyclic) bond motifs is 1. The van der Waals surface area contributed by atoms with Gasteiger partial charge in [-0.15, -0.1) is 34.0 Å². The Bertz CT molecular complexity index is 1100. The fourth-order valence-corrected chi connectivity index (χ4v) is 6.69. The van der Waals surface area contributed by atoms with Crippen LogP contribution in [0.3, 0.4) is 0 Å². The number of carbonyl (C=O) groups excluding carboxylic acids is 1. The van der Waals surface area contributed by atoms with E-state index >= 15 is 0 Å². The van der Waals surface area contributed by atoms with Crippen LogP contribution in [0, 0.1) is 6.92 Å². The molecule has 0 radical (unpaired) electrons. The first-order valence-electron chi connectivity index (χ1n) is 9.05. The second-order valence-corrected chi connectivity index (χ2v) is 9.91. The highest BCUT2D eigenvalue weighted by Gasteiger charge is 2.24. The summed E-state index contributed by atoms with van der Waals surface area (Å²) < 4.78 is 1.31. The predicted octanol–water partition coefficient (Wildman–Crippen LogP) is 6.30. The van der Waals surface area contributed by atoms with Crippen LogP contribution < -0.4 is 0 Å². The van der Waals surface area contributed by atoms with Crippen LogP contribution in [0.1, 0.15) is 28.2 Å². The summed E-state index contributed by atoms with van der Waals surface area (Å²) in [4.78, 5) is 23.9. The summed E-state index contributed by atoms with van der Waals surface area (Å²) in [5, 5.41) is 2.24. The molecule has 4 aromatic rings. The molecule has 0 unspecified atom stereocenters. The van der Waals surface area contributed by atoms with Crippen molar-refractivity contribution >= 4 is 50.0 Å². The van der Waals surface area contributed by atoms with E-state index in [9.17, 15) is 4.79 Å². The van der Waals surface area contributed by atoms with Gasteiger partial charge in [-0.3, -0.25) is 4.79 Å². The number of hydrogen-bond donors (Lipinski definition) is 0. The molecule has 0 bridgehead atoms. The zero-order chi connectivity index (χ0) is 18.4. The molecule has 1 aromatic carbocycles. The number of rotatable bonds is 3. The van der Waals surface area contributed by atoms with Crippen LogP contribution in [0.15, 0.2) is 42.5 Å². The lowest BCUT2D eigenvalue weighted by Crippen LogP contribution is -2.27. The number of thiophene rings is 2. The Morgan fingerprint density at radius 1 is 0.963 bits per heavy atom. The number of aryl methyl sites for hydroxylation is 1. The van der Waals surface area contributed by atoms with E-state index in [0.717, 1.165) is 46.4 Å². The van der Waals surface area contributed by atoms with Crippen LogP contribution in [0.4, 0.5) is 0 Å². The predicted molar refractivity (Wildman–Crippen MR) is 116 cm³/mol. The lowest BCUT2D eigenvalue weighted by atomic mass is 10.2. The van der Waals surface area contributed by atoms with E-state index in [0.29, 0.717) is 0 Å². The molecule has 1 aliphatic heterocycles. The molecule has 1 fully saturated rings.